The predicted octanol–water partition coefficient (Wildman–Crippen LogP) is 0.971. The van der Waals surface area contributed by atoms with Gasteiger partial charge in [0.05, 0.1) is 0 Å². The minimum Gasteiger partial charge on any atom is -0.454 e. The van der Waals surface area contributed by atoms with Crippen molar-refractivity contribution >= 4 is 5.78 Å². The lowest BCUT2D eigenvalue weighted by Gasteiger charge is -2.01. The maximum atomic E-state index is 12.2. The molecule has 18 heavy (non-hydrogen) atoms. The van der Waals surface area contributed by atoms with Gasteiger partial charge in [0, 0.05) is 11.3 Å². The van der Waals surface area contributed by atoms with Crippen LogP contribution in [0.5, 0.6) is 11.5 Å². The van der Waals surface area contributed by atoms with Crippen LogP contribution in [0.1, 0.15) is 21.7 Å². The highest BCUT2D eigenvalue weighted by Crippen LogP contribution is 2.33. The molecule has 0 atom stereocenters. The van der Waals surface area contributed by atoms with Crippen LogP contribution >= 0.6 is 0 Å². The molecule has 0 radical (unpaired) electrons. The van der Waals surface area contributed by atoms with Crippen molar-refractivity contribution in [3.05, 3.63) is 45.6 Å². The summed E-state index contributed by atoms with van der Waals surface area (Å²) in [4.78, 5) is 28.3. The lowest BCUT2D eigenvalue weighted by molar-refractivity contribution is 0.103. The van der Waals surface area contributed by atoms with Crippen LogP contribution in [-0.2, 0) is 0 Å². The third-order valence-electron chi connectivity index (χ3n) is 2.78. The molecule has 2 N–H and O–H groups in total. The zero-order valence-electron chi connectivity index (χ0n) is 9.57. The molecule has 92 valence electrons. The normalized spacial score (nSPS) is 12.7. The van der Waals surface area contributed by atoms with E-state index in [0.717, 1.165) is 0 Å². The first-order valence-electron chi connectivity index (χ1n) is 5.38. The maximum Gasteiger partial charge on any atom is 0.323 e. The van der Waals surface area contributed by atoms with Crippen molar-refractivity contribution in [3.63, 3.8) is 0 Å². The van der Waals surface area contributed by atoms with Crippen LogP contribution < -0.4 is 15.2 Å². The molecule has 2 aromatic rings. The molecule has 0 saturated heterocycles. The summed E-state index contributed by atoms with van der Waals surface area (Å²) in [7, 11) is 0. The van der Waals surface area contributed by atoms with Gasteiger partial charge in [0.25, 0.3) is 0 Å². The number of hydrogen-bond donors (Lipinski definition) is 2. The fourth-order valence-electron chi connectivity index (χ4n) is 1.88. The van der Waals surface area contributed by atoms with E-state index in [0.29, 0.717) is 22.8 Å². The molecule has 0 saturated carbocycles. The lowest BCUT2D eigenvalue weighted by atomic mass is 10.1. The number of hydrogen-bond acceptors (Lipinski definition) is 4. The van der Waals surface area contributed by atoms with E-state index >= 15 is 0 Å². The van der Waals surface area contributed by atoms with Gasteiger partial charge in [0.2, 0.25) is 12.6 Å². The van der Waals surface area contributed by atoms with Crippen LogP contribution in [0.4, 0.5) is 0 Å². The average molecular weight is 246 g/mol. The molecule has 1 aromatic carbocycles. The minimum absolute atomic E-state index is 0.160. The third kappa shape index (κ3) is 1.58. The molecule has 1 aromatic heterocycles. The number of benzene rings is 1. The molecule has 0 aliphatic carbocycles. The number of carbonyl (C=O) groups is 1. The fraction of sp³-hybridized carbons (Fsp3) is 0.167. The van der Waals surface area contributed by atoms with E-state index in [4.69, 9.17) is 9.47 Å². The summed E-state index contributed by atoms with van der Waals surface area (Å²) >= 11 is 0. The van der Waals surface area contributed by atoms with Crippen LogP contribution in [0.2, 0.25) is 0 Å². The van der Waals surface area contributed by atoms with Gasteiger partial charge in [-0.1, -0.05) is 0 Å². The molecule has 0 unspecified atom stereocenters. The first-order valence-corrected chi connectivity index (χ1v) is 5.38. The summed E-state index contributed by atoms with van der Waals surface area (Å²) in [6, 6.07) is 4.92. The van der Waals surface area contributed by atoms with Gasteiger partial charge in [-0.2, -0.15) is 0 Å². The van der Waals surface area contributed by atoms with Crippen LogP contribution in [0.25, 0.3) is 0 Å². The van der Waals surface area contributed by atoms with Gasteiger partial charge in [-0.3, -0.25) is 4.79 Å². The fourth-order valence-corrected chi connectivity index (χ4v) is 1.88. The smallest absolute Gasteiger partial charge is 0.323 e. The van der Waals surface area contributed by atoms with E-state index in [9.17, 15) is 9.59 Å². The van der Waals surface area contributed by atoms with Gasteiger partial charge in [0.1, 0.15) is 5.69 Å². The van der Waals surface area contributed by atoms with Crippen molar-refractivity contribution in [1.29, 1.82) is 0 Å². The number of H-pyrrole nitrogens is 2. The highest BCUT2D eigenvalue weighted by molar-refractivity contribution is 6.08. The number of aromatic amines is 2. The van der Waals surface area contributed by atoms with Crippen molar-refractivity contribution < 1.29 is 14.3 Å². The van der Waals surface area contributed by atoms with Crippen LogP contribution in [-0.4, -0.2) is 22.5 Å². The SMILES string of the molecule is Cc1[nH]c(=O)[nH]c1C(=O)c1ccc2c(c1)OCO2. The summed E-state index contributed by atoms with van der Waals surface area (Å²) in [5, 5.41) is 0. The monoisotopic (exact) mass is 246 g/mol. The third-order valence-corrected chi connectivity index (χ3v) is 2.78. The highest BCUT2D eigenvalue weighted by Gasteiger charge is 2.19. The van der Waals surface area contributed by atoms with Crippen molar-refractivity contribution in [1.82, 2.24) is 9.97 Å². The number of aryl methyl sites for hydroxylation is 1. The second-order valence-corrected chi connectivity index (χ2v) is 3.98. The van der Waals surface area contributed by atoms with E-state index in [1.54, 1.807) is 25.1 Å². The quantitative estimate of drug-likeness (QED) is 0.773. The number of carbonyl (C=O) groups excluding carboxylic acids is 1. The number of ketones is 1. The van der Waals surface area contributed by atoms with E-state index in [1.165, 1.54) is 0 Å². The van der Waals surface area contributed by atoms with Crippen molar-refractivity contribution in [2.75, 3.05) is 6.79 Å². The molecule has 0 spiro atoms. The second-order valence-electron chi connectivity index (χ2n) is 3.98. The maximum absolute atomic E-state index is 12.2. The Balaban J connectivity index is 2.02. The van der Waals surface area contributed by atoms with Gasteiger partial charge >= 0.3 is 5.69 Å². The molecule has 1 aliphatic rings. The Labute approximate surface area is 102 Å². The predicted molar refractivity (Wildman–Crippen MR) is 62.1 cm³/mol. The first kappa shape index (κ1) is 10.6. The Hall–Kier alpha value is -2.50. The Bertz CT molecular complexity index is 684. The molecule has 0 fully saturated rings. The van der Waals surface area contributed by atoms with Crippen molar-refractivity contribution in [2.24, 2.45) is 0 Å². The molecule has 6 nitrogen and oxygen atoms in total. The number of nitrogens with one attached hydrogen (secondary N) is 2. The molecular weight excluding hydrogens is 236 g/mol. The summed E-state index contributed by atoms with van der Waals surface area (Å²) < 4.78 is 10.4. The number of rotatable bonds is 2. The van der Waals surface area contributed by atoms with E-state index < -0.39 is 5.69 Å². The Morgan fingerprint density at radius 1 is 1.22 bits per heavy atom. The molecular formula is C12H10N2O4. The summed E-state index contributed by atoms with van der Waals surface area (Å²) in [6.07, 6.45) is 0. The summed E-state index contributed by atoms with van der Waals surface area (Å²) in [6.45, 7) is 1.82. The molecule has 3 rings (SSSR count). The molecule has 6 heteroatoms. The number of aromatic nitrogens is 2. The Morgan fingerprint density at radius 3 is 2.72 bits per heavy atom. The molecule has 1 aliphatic heterocycles. The standard InChI is InChI=1S/C12H10N2O4/c1-6-10(14-12(16)13-6)11(15)7-2-3-8-9(4-7)18-5-17-8/h2-4H,5H2,1H3,(H2,13,14,16). The molecule has 0 amide bonds. The Morgan fingerprint density at radius 2 is 2.00 bits per heavy atom. The topological polar surface area (TPSA) is 84.2 Å². The lowest BCUT2D eigenvalue weighted by Crippen LogP contribution is -2.06. The number of ether oxygens (including phenoxy) is 2. The van der Waals surface area contributed by atoms with E-state index in [1.807, 2.05) is 0 Å². The van der Waals surface area contributed by atoms with Crippen molar-refractivity contribution in [3.8, 4) is 11.5 Å². The molecule has 2 heterocycles. The first-order chi connectivity index (χ1) is 8.65. The van der Waals surface area contributed by atoms with Crippen LogP contribution in [0.15, 0.2) is 23.0 Å². The zero-order valence-corrected chi connectivity index (χ0v) is 9.57. The van der Waals surface area contributed by atoms with Gasteiger partial charge in [-0.25, -0.2) is 4.79 Å². The van der Waals surface area contributed by atoms with Gasteiger partial charge in [0.15, 0.2) is 11.5 Å². The van der Waals surface area contributed by atoms with Crippen LogP contribution in [0, 0.1) is 6.92 Å². The second kappa shape index (κ2) is 3.76. The van der Waals surface area contributed by atoms with Gasteiger partial charge in [-0.05, 0) is 25.1 Å². The minimum atomic E-state index is -0.392. The summed E-state index contributed by atoms with van der Waals surface area (Å²) in [5.41, 5.74) is 0.829. The van der Waals surface area contributed by atoms with Gasteiger partial charge < -0.3 is 19.4 Å². The van der Waals surface area contributed by atoms with E-state index in [-0.39, 0.29) is 18.3 Å². The van der Waals surface area contributed by atoms with Crippen LogP contribution in [0.3, 0.4) is 0 Å². The Kier molecular flexibility index (Phi) is 2.22. The number of imidazole rings is 1. The average Bonchev–Trinajstić information content (AvgIpc) is 2.93. The van der Waals surface area contributed by atoms with E-state index in [2.05, 4.69) is 9.97 Å². The van der Waals surface area contributed by atoms with Crippen molar-refractivity contribution in [2.45, 2.75) is 6.92 Å². The zero-order chi connectivity index (χ0) is 12.7. The molecule has 0 bridgehead atoms. The number of fused-ring (bicyclic) bond motifs is 1. The largest absolute Gasteiger partial charge is 0.454 e. The van der Waals surface area contributed by atoms with Gasteiger partial charge in [-0.15, -0.1) is 0 Å². The highest BCUT2D eigenvalue weighted by atomic mass is 16.7. The summed E-state index contributed by atoms with van der Waals surface area (Å²) in [5.74, 6) is 0.895.